The first-order chi connectivity index (χ1) is 3.39. The van der Waals surface area contributed by atoms with Crippen molar-refractivity contribution in [3.05, 3.63) is 36.0 Å². The number of hydrogen-bond acceptors (Lipinski definition) is 0. The molecule has 0 aromatic heterocycles. The number of halogens is 2. The van der Waals surface area contributed by atoms with Crippen LogP contribution in [0.3, 0.4) is 0 Å². The van der Waals surface area contributed by atoms with Crippen LogP contribution in [0.5, 0.6) is 0 Å². The number of rotatable bonds is 0. The Kier molecular flexibility index (Phi) is 19.9. The summed E-state index contributed by atoms with van der Waals surface area (Å²) < 4.78 is 0. The van der Waals surface area contributed by atoms with Gasteiger partial charge in [0.25, 0.3) is 0 Å². The summed E-state index contributed by atoms with van der Waals surface area (Å²) in [5, 5.41) is 0. The Hall–Kier alpha value is 2.06. The van der Waals surface area contributed by atoms with Crippen molar-refractivity contribution in [1.29, 1.82) is 0 Å². The first-order valence-corrected chi connectivity index (χ1v) is 2.32. The molecule has 0 heterocycles. The van der Waals surface area contributed by atoms with E-state index in [0.717, 1.165) is 0 Å². The zero-order chi connectivity index (χ0) is 5.11. The van der Waals surface area contributed by atoms with Gasteiger partial charge in [-0.1, -0.05) is 11.6 Å². The minimum atomic E-state index is 0. The van der Waals surface area contributed by atoms with Crippen LogP contribution < -0.4 is 48.0 Å². The fourth-order valence-electron chi connectivity index (χ4n) is 0.470. The van der Waals surface area contributed by atoms with Crippen LogP contribution in [-0.4, -0.2) is 0 Å². The normalized spacial score (nSPS) is 11.9. The van der Waals surface area contributed by atoms with Crippen molar-refractivity contribution >= 4 is 0 Å². The second-order valence-corrected chi connectivity index (χ2v) is 1.58. The van der Waals surface area contributed by atoms with E-state index in [1.165, 1.54) is 5.57 Å². The molecule has 1 rings (SSSR count). The van der Waals surface area contributed by atoms with E-state index in [4.69, 9.17) is 0 Å². The maximum absolute atomic E-state index is 2.93. The molecule has 0 fully saturated rings. The maximum Gasteiger partial charge on any atom is 0.0160 e. The summed E-state index contributed by atoms with van der Waals surface area (Å²) in [5.74, 6) is 0. The molecule has 0 bridgehead atoms. The second kappa shape index (κ2) is 11.1. The zero-order valence-electron chi connectivity index (χ0n) is 5.47. The molecule has 0 unspecified atom stereocenters. The van der Waals surface area contributed by atoms with Crippen LogP contribution in [0.1, 0.15) is 6.92 Å². The SMILES string of the molecule is CC1=CC=C=C[CH]1.[I-].[I-].[Sm]. The third-order valence-electron chi connectivity index (χ3n) is 0.885. The van der Waals surface area contributed by atoms with Crippen LogP contribution >= 0.6 is 0 Å². The van der Waals surface area contributed by atoms with E-state index < -0.39 is 0 Å². The van der Waals surface area contributed by atoms with Gasteiger partial charge in [0.2, 0.25) is 0 Å². The van der Waals surface area contributed by atoms with Gasteiger partial charge in [-0.15, -0.1) is 5.73 Å². The molecule has 0 spiro atoms. The molecule has 0 aromatic rings. The van der Waals surface area contributed by atoms with E-state index in [-0.39, 0.29) is 88.3 Å². The number of hydrogen-bond donors (Lipinski definition) is 0. The predicted molar refractivity (Wildman–Crippen MR) is 30.7 cm³/mol. The van der Waals surface area contributed by atoms with Gasteiger partial charge < -0.3 is 48.0 Å². The minimum absolute atomic E-state index is 0. The summed E-state index contributed by atoms with van der Waals surface area (Å²) in [4.78, 5) is 0. The summed E-state index contributed by atoms with van der Waals surface area (Å²) >= 11 is 0. The van der Waals surface area contributed by atoms with Crippen molar-refractivity contribution in [2.75, 3.05) is 0 Å². The van der Waals surface area contributed by atoms with E-state index in [0.29, 0.717) is 0 Å². The smallest absolute Gasteiger partial charge is 0.0160 e. The molecule has 1 aliphatic carbocycles. The van der Waals surface area contributed by atoms with Crippen LogP contribution in [0.15, 0.2) is 29.5 Å². The van der Waals surface area contributed by atoms with E-state index in [9.17, 15) is 0 Å². The Morgan fingerprint density at radius 2 is 1.80 bits per heavy atom. The molecule has 0 nitrogen and oxygen atoms in total. The van der Waals surface area contributed by atoms with Gasteiger partial charge in [-0.05, 0) is 19.1 Å². The van der Waals surface area contributed by atoms with Gasteiger partial charge in [-0.3, -0.25) is 0 Å². The molecule has 0 aromatic carbocycles. The molecule has 0 atom stereocenters. The van der Waals surface area contributed by atoms with Crippen molar-refractivity contribution in [3.8, 4) is 0 Å². The van der Waals surface area contributed by atoms with Gasteiger partial charge in [0.05, 0.1) is 0 Å². The van der Waals surface area contributed by atoms with Crippen molar-refractivity contribution in [1.82, 2.24) is 0 Å². The zero-order valence-corrected chi connectivity index (χ0v) is 12.4. The van der Waals surface area contributed by atoms with Crippen LogP contribution in [0.4, 0.5) is 0 Å². The fraction of sp³-hybridized carbons (Fsp3) is 0.143. The van der Waals surface area contributed by atoms with Gasteiger partial charge in [0.15, 0.2) is 0 Å². The second-order valence-electron chi connectivity index (χ2n) is 1.58. The monoisotopic (exact) mass is 497 g/mol. The Bertz CT molecular complexity index is 155. The molecule has 0 saturated carbocycles. The molecule has 10 heavy (non-hydrogen) atoms. The molecule has 0 saturated heterocycles. The van der Waals surface area contributed by atoms with Crippen LogP contribution in [0.25, 0.3) is 0 Å². The molecule has 1 aliphatic rings. The van der Waals surface area contributed by atoms with Crippen molar-refractivity contribution in [3.63, 3.8) is 0 Å². The van der Waals surface area contributed by atoms with Gasteiger partial charge in [-0.2, -0.15) is 0 Å². The Labute approximate surface area is 129 Å². The summed E-state index contributed by atoms with van der Waals surface area (Å²) in [6, 6.07) is 0. The summed E-state index contributed by atoms with van der Waals surface area (Å²) in [6.07, 6.45) is 7.88. The van der Waals surface area contributed by atoms with Crippen LogP contribution in [0, 0.1) is 46.8 Å². The molecule has 0 amide bonds. The molecular formula is C7H7I2Sm-2. The van der Waals surface area contributed by atoms with Crippen molar-refractivity contribution in [2.45, 2.75) is 6.92 Å². The van der Waals surface area contributed by atoms with Gasteiger partial charge >= 0.3 is 0 Å². The molecule has 1 radical (unpaired) electrons. The van der Waals surface area contributed by atoms with Crippen molar-refractivity contribution < 1.29 is 88.3 Å². The summed E-state index contributed by atoms with van der Waals surface area (Å²) in [7, 11) is 0. The average molecular weight is 495 g/mol. The van der Waals surface area contributed by atoms with E-state index in [2.05, 4.69) is 12.7 Å². The van der Waals surface area contributed by atoms with E-state index in [1.807, 2.05) is 24.6 Å². The predicted octanol–water partition coefficient (Wildman–Crippen LogP) is -4.13. The Morgan fingerprint density at radius 1 is 1.20 bits per heavy atom. The third-order valence-corrected chi connectivity index (χ3v) is 0.885. The topological polar surface area (TPSA) is 0 Å². The Morgan fingerprint density at radius 3 is 2.00 bits per heavy atom. The maximum atomic E-state index is 2.93. The van der Waals surface area contributed by atoms with Gasteiger partial charge in [-0.25, -0.2) is 0 Å². The molecule has 57 valence electrons. The van der Waals surface area contributed by atoms with E-state index >= 15 is 0 Å². The van der Waals surface area contributed by atoms with Gasteiger partial charge in [0, 0.05) is 46.8 Å². The largest absolute Gasteiger partial charge is 1.00 e. The summed E-state index contributed by atoms with van der Waals surface area (Å²) in [6.45, 7) is 2.06. The standard InChI is InChI=1S/C7H7.2HI.Sm/c1-7-5-3-2-4-6-7;;;/h3-6H,1H3;2*1H;/p-2. The van der Waals surface area contributed by atoms with Crippen LogP contribution in [0.2, 0.25) is 0 Å². The quantitative estimate of drug-likeness (QED) is 0.237. The van der Waals surface area contributed by atoms with E-state index in [1.54, 1.807) is 0 Å². The summed E-state index contributed by atoms with van der Waals surface area (Å²) in [5.41, 5.74) is 4.22. The molecule has 0 aliphatic heterocycles. The Balaban J connectivity index is -0.000000163. The minimum Gasteiger partial charge on any atom is -1.00 e. The van der Waals surface area contributed by atoms with Crippen LogP contribution in [-0.2, 0) is 0 Å². The molecule has 0 N–H and O–H groups in total. The molecular weight excluding hydrogens is 488 g/mol. The fourth-order valence-corrected chi connectivity index (χ4v) is 0.470. The first kappa shape index (κ1) is 18.0. The third kappa shape index (κ3) is 8.16. The first-order valence-electron chi connectivity index (χ1n) is 2.32. The van der Waals surface area contributed by atoms with Crippen molar-refractivity contribution in [2.24, 2.45) is 0 Å². The van der Waals surface area contributed by atoms with Gasteiger partial charge in [0.1, 0.15) is 0 Å². The molecule has 3 heteroatoms. The average Bonchev–Trinajstić information content (AvgIpc) is 1.69. The number of allylic oxidation sites excluding steroid dienone is 3.